The fourth-order valence-electron chi connectivity index (χ4n) is 3.61. The predicted molar refractivity (Wildman–Crippen MR) is 106 cm³/mol. The molecule has 1 saturated heterocycles. The van der Waals surface area contributed by atoms with Crippen LogP contribution in [0.3, 0.4) is 0 Å². The largest absolute Gasteiger partial charge is 0.350 e. The molecule has 1 aliphatic rings. The second-order valence-electron chi connectivity index (χ2n) is 7.40. The quantitative estimate of drug-likeness (QED) is 0.795. The number of aromatic nitrogens is 2. The number of nitrogens with zero attached hydrogens (tertiary/aromatic N) is 3. The van der Waals surface area contributed by atoms with Crippen molar-refractivity contribution in [3.8, 4) is 5.69 Å². The van der Waals surface area contributed by atoms with Gasteiger partial charge in [0, 0.05) is 24.8 Å². The second-order valence-corrected chi connectivity index (χ2v) is 7.40. The van der Waals surface area contributed by atoms with Crippen molar-refractivity contribution < 1.29 is 4.79 Å². The van der Waals surface area contributed by atoms with Crippen LogP contribution in [0.4, 0.5) is 0 Å². The van der Waals surface area contributed by atoms with Crippen molar-refractivity contribution in [3.05, 3.63) is 58.0 Å². The Morgan fingerprint density at radius 2 is 2.07 bits per heavy atom. The van der Waals surface area contributed by atoms with Gasteiger partial charge in [0.2, 0.25) is 5.43 Å². The van der Waals surface area contributed by atoms with Gasteiger partial charge in [-0.3, -0.25) is 9.59 Å². The van der Waals surface area contributed by atoms with Gasteiger partial charge in [0.15, 0.2) is 5.69 Å². The lowest BCUT2D eigenvalue weighted by Gasteiger charge is -2.30. The minimum Gasteiger partial charge on any atom is -0.350 e. The van der Waals surface area contributed by atoms with Gasteiger partial charge in [-0.15, -0.1) is 0 Å². The highest BCUT2D eigenvalue weighted by atomic mass is 16.2. The number of para-hydroxylation sites is 1. The van der Waals surface area contributed by atoms with E-state index < -0.39 is 5.91 Å². The number of carbonyl (C=O) groups excluding carboxylic acids is 1. The van der Waals surface area contributed by atoms with Gasteiger partial charge in [0.25, 0.3) is 5.91 Å². The molecule has 1 N–H and O–H groups in total. The van der Waals surface area contributed by atoms with Crippen molar-refractivity contribution in [1.29, 1.82) is 0 Å². The third-order valence-electron chi connectivity index (χ3n) is 5.00. The topological polar surface area (TPSA) is 67.2 Å². The number of nitrogens with one attached hydrogen (secondary N) is 1. The lowest BCUT2D eigenvalue weighted by atomic mass is 10.0. The van der Waals surface area contributed by atoms with Crippen LogP contribution in [-0.2, 0) is 0 Å². The third-order valence-corrected chi connectivity index (χ3v) is 5.00. The first kappa shape index (κ1) is 19.3. The Morgan fingerprint density at radius 3 is 2.81 bits per heavy atom. The van der Waals surface area contributed by atoms with E-state index in [0.717, 1.165) is 37.7 Å². The van der Waals surface area contributed by atoms with E-state index in [1.807, 2.05) is 37.3 Å². The van der Waals surface area contributed by atoms with E-state index >= 15 is 0 Å². The summed E-state index contributed by atoms with van der Waals surface area (Å²) >= 11 is 0. The Hall–Kier alpha value is -2.47. The molecule has 0 bridgehead atoms. The van der Waals surface area contributed by atoms with E-state index in [1.54, 1.807) is 4.68 Å². The molecule has 1 unspecified atom stereocenters. The van der Waals surface area contributed by atoms with Crippen LogP contribution in [0.2, 0.25) is 0 Å². The molecule has 6 heteroatoms. The first-order chi connectivity index (χ1) is 13.0. The molecule has 2 aromatic rings. The highest BCUT2D eigenvalue weighted by molar-refractivity contribution is 5.92. The molecule has 3 rings (SSSR count). The van der Waals surface area contributed by atoms with Crippen molar-refractivity contribution in [2.45, 2.75) is 33.1 Å². The molecule has 1 aromatic heterocycles. The van der Waals surface area contributed by atoms with E-state index in [0.29, 0.717) is 12.2 Å². The molecule has 1 aliphatic heterocycles. The van der Waals surface area contributed by atoms with E-state index in [4.69, 9.17) is 0 Å². The van der Waals surface area contributed by atoms with Crippen molar-refractivity contribution in [1.82, 2.24) is 20.0 Å². The summed E-state index contributed by atoms with van der Waals surface area (Å²) in [5.41, 5.74) is 1.11. The van der Waals surface area contributed by atoms with Gasteiger partial charge in [0.05, 0.1) is 5.69 Å². The molecule has 1 fully saturated rings. The van der Waals surface area contributed by atoms with Gasteiger partial charge in [-0.1, -0.05) is 25.1 Å². The van der Waals surface area contributed by atoms with E-state index in [2.05, 4.69) is 22.2 Å². The zero-order valence-electron chi connectivity index (χ0n) is 16.1. The van der Waals surface area contributed by atoms with Crippen LogP contribution in [0.15, 0.2) is 41.2 Å². The zero-order valence-corrected chi connectivity index (χ0v) is 16.1. The van der Waals surface area contributed by atoms with Crippen molar-refractivity contribution in [2.24, 2.45) is 5.92 Å². The Morgan fingerprint density at radius 1 is 1.30 bits per heavy atom. The third kappa shape index (κ3) is 5.04. The number of benzene rings is 1. The molecular formula is C21H28N4O2. The fraction of sp³-hybridized carbons (Fsp3) is 0.476. The highest BCUT2D eigenvalue weighted by Gasteiger charge is 2.17. The normalized spacial score (nSPS) is 17.6. The lowest BCUT2D eigenvalue weighted by molar-refractivity contribution is 0.0942. The highest BCUT2D eigenvalue weighted by Crippen LogP contribution is 2.15. The van der Waals surface area contributed by atoms with Crippen molar-refractivity contribution in [3.63, 3.8) is 0 Å². The van der Waals surface area contributed by atoms with Crippen molar-refractivity contribution in [2.75, 3.05) is 26.2 Å². The van der Waals surface area contributed by atoms with E-state index in [-0.39, 0.29) is 11.1 Å². The summed E-state index contributed by atoms with van der Waals surface area (Å²) in [4.78, 5) is 27.2. The number of rotatable bonds is 6. The molecule has 1 amide bonds. The van der Waals surface area contributed by atoms with Crippen LogP contribution in [0.5, 0.6) is 0 Å². The number of aryl methyl sites for hydroxylation is 1. The minimum absolute atomic E-state index is 0.0592. The molecule has 2 heterocycles. The average molecular weight is 368 g/mol. The summed E-state index contributed by atoms with van der Waals surface area (Å²) in [5.74, 6) is 0.346. The van der Waals surface area contributed by atoms with Gasteiger partial charge in [-0.25, -0.2) is 4.68 Å². The average Bonchev–Trinajstić information content (AvgIpc) is 2.66. The van der Waals surface area contributed by atoms with Gasteiger partial charge < -0.3 is 10.2 Å². The monoisotopic (exact) mass is 368 g/mol. The number of piperidine rings is 1. The number of hydrogen-bond donors (Lipinski definition) is 1. The molecule has 0 aliphatic carbocycles. The summed E-state index contributed by atoms with van der Waals surface area (Å²) in [5, 5.41) is 7.15. The smallest absolute Gasteiger partial charge is 0.275 e. The molecule has 6 nitrogen and oxygen atoms in total. The van der Waals surface area contributed by atoms with Crippen LogP contribution >= 0.6 is 0 Å². The molecular weight excluding hydrogens is 340 g/mol. The zero-order chi connectivity index (χ0) is 19.2. The Kier molecular flexibility index (Phi) is 6.40. The van der Waals surface area contributed by atoms with Gasteiger partial charge >= 0.3 is 0 Å². The Bertz CT molecular complexity index is 832. The van der Waals surface area contributed by atoms with Crippen LogP contribution in [-0.4, -0.2) is 46.8 Å². The molecule has 0 radical (unpaired) electrons. The summed E-state index contributed by atoms with van der Waals surface area (Å²) < 4.78 is 1.63. The summed E-state index contributed by atoms with van der Waals surface area (Å²) in [6.07, 6.45) is 3.43. The standard InChI is InChI=1S/C21H28N4O2/c1-16-8-6-12-24(15-16)13-7-11-22-21(27)20-19(26)14-17(2)25(23-20)18-9-4-3-5-10-18/h3-5,9-10,14,16H,6-8,11-13,15H2,1-2H3,(H,22,27). The molecule has 1 atom stereocenters. The van der Waals surface area contributed by atoms with Crippen LogP contribution < -0.4 is 10.7 Å². The second kappa shape index (κ2) is 8.95. The summed E-state index contributed by atoms with van der Waals surface area (Å²) in [7, 11) is 0. The fourth-order valence-corrected chi connectivity index (χ4v) is 3.61. The molecule has 1 aromatic carbocycles. The summed E-state index contributed by atoms with van der Waals surface area (Å²) in [6, 6.07) is 11.0. The van der Waals surface area contributed by atoms with Crippen LogP contribution in [0, 0.1) is 12.8 Å². The van der Waals surface area contributed by atoms with Gasteiger partial charge in [-0.05, 0) is 57.3 Å². The summed E-state index contributed by atoms with van der Waals surface area (Å²) in [6.45, 7) is 7.89. The van der Waals surface area contributed by atoms with E-state index in [9.17, 15) is 9.59 Å². The van der Waals surface area contributed by atoms with Crippen molar-refractivity contribution >= 4 is 5.91 Å². The number of likely N-dealkylation sites (tertiary alicyclic amines) is 1. The first-order valence-corrected chi connectivity index (χ1v) is 9.71. The predicted octanol–water partition coefficient (Wildman–Crippen LogP) is 2.39. The maximum Gasteiger partial charge on any atom is 0.275 e. The maximum absolute atomic E-state index is 12.5. The van der Waals surface area contributed by atoms with E-state index in [1.165, 1.54) is 18.9 Å². The minimum atomic E-state index is -0.406. The Balaban J connectivity index is 1.60. The Labute approximate surface area is 160 Å². The number of hydrogen-bond acceptors (Lipinski definition) is 4. The van der Waals surface area contributed by atoms with Crippen LogP contribution in [0.1, 0.15) is 42.4 Å². The maximum atomic E-state index is 12.5. The molecule has 0 saturated carbocycles. The SMILES string of the molecule is Cc1cc(=O)c(C(=O)NCCCN2CCCC(C)C2)nn1-c1ccccc1. The molecule has 144 valence electrons. The molecule has 27 heavy (non-hydrogen) atoms. The van der Waals surface area contributed by atoms with Gasteiger partial charge in [-0.2, -0.15) is 5.10 Å². The van der Waals surface area contributed by atoms with Crippen LogP contribution in [0.25, 0.3) is 5.69 Å². The first-order valence-electron chi connectivity index (χ1n) is 9.71. The molecule has 0 spiro atoms. The number of amides is 1. The number of carbonyl (C=O) groups is 1. The lowest BCUT2D eigenvalue weighted by Crippen LogP contribution is -2.37. The van der Waals surface area contributed by atoms with Gasteiger partial charge in [0.1, 0.15) is 0 Å².